The third kappa shape index (κ3) is 6.98. The van der Waals surface area contributed by atoms with Gasteiger partial charge in [-0.15, -0.1) is 30.6 Å². The Morgan fingerprint density at radius 2 is 1.89 bits per heavy atom. The summed E-state index contributed by atoms with van der Waals surface area (Å²) in [4.78, 5) is 30.5. The SMILES string of the molecule is C=CCNC(=NCc1ccc([N+](=O)[O-])cc1)N1CCN(C(=O)OCC)CC1.I. The van der Waals surface area contributed by atoms with E-state index < -0.39 is 4.92 Å². The van der Waals surface area contributed by atoms with Gasteiger partial charge in [-0.25, -0.2) is 9.79 Å². The van der Waals surface area contributed by atoms with Crippen molar-refractivity contribution < 1.29 is 14.5 Å². The Morgan fingerprint density at radius 1 is 1.29 bits per heavy atom. The van der Waals surface area contributed by atoms with Gasteiger partial charge >= 0.3 is 6.09 Å². The van der Waals surface area contributed by atoms with E-state index in [0.717, 1.165) is 11.5 Å². The number of amides is 1. The summed E-state index contributed by atoms with van der Waals surface area (Å²) in [7, 11) is 0. The van der Waals surface area contributed by atoms with E-state index in [4.69, 9.17) is 4.74 Å². The predicted molar refractivity (Wildman–Crippen MR) is 118 cm³/mol. The zero-order valence-corrected chi connectivity index (χ0v) is 18.2. The van der Waals surface area contributed by atoms with Gasteiger partial charge in [0.25, 0.3) is 5.69 Å². The number of carbonyl (C=O) groups is 1. The molecule has 0 aliphatic carbocycles. The molecule has 0 aromatic heterocycles. The molecule has 1 N–H and O–H groups in total. The zero-order chi connectivity index (χ0) is 19.6. The van der Waals surface area contributed by atoms with Gasteiger partial charge in [0.15, 0.2) is 5.96 Å². The van der Waals surface area contributed by atoms with Crippen LogP contribution < -0.4 is 5.32 Å². The molecule has 1 saturated heterocycles. The number of halogens is 1. The lowest BCUT2D eigenvalue weighted by Crippen LogP contribution is -2.53. The molecule has 1 aromatic rings. The average molecular weight is 503 g/mol. The van der Waals surface area contributed by atoms with Gasteiger partial charge in [0.1, 0.15) is 0 Å². The minimum Gasteiger partial charge on any atom is -0.450 e. The van der Waals surface area contributed by atoms with Gasteiger partial charge in [0.05, 0.1) is 18.1 Å². The van der Waals surface area contributed by atoms with E-state index in [1.807, 2.05) is 0 Å². The molecule has 0 atom stereocenters. The molecule has 0 unspecified atom stereocenters. The second-order valence-corrected chi connectivity index (χ2v) is 5.91. The molecule has 1 aromatic carbocycles. The Balaban J connectivity index is 0.00000392. The number of hydrogen-bond acceptors (Lipinski definition) is 5. The maximum atomic E-state index is 11.8. The molecule has 1 amide bonds. The van der Waals surface area contributed by atoms with E-state index in [1.165, 1.54) is 12.1 Å². The summed E-state index contributed by atoms with van der Waals surface area (Å²) in [6.07, 6.45) is 1.46. The largest absolute Gasteiger partial charge is 0.450 e. The first-order valence-corrected chi connectivity index (χ1v) is 8.84. The van der Waals surface area contributed by atoms with Crippen molar-refractivity contribution in [3.63, 3.8) is 0 Å². The van der Waals surface area contributed by atoms with Crippen molar-refractivity contribution in [2.45, 2.75) is 13.5 Å². The van der Waals surface area contributed by atoms with Gasteiger partial charge < -0.3 is 19.9 Å². The van der Waals surface area contributed by atoms with Crippen LogP contribution >= 0.6 is 24.0 Å². The quantitative estimate of drug-likeness (QED) is 0.160. The molecule has 1 aliphatic rings. The van der Waals surface area contributed by atoms with Gasteiger partial charge in [0, 0.05) is 44.9 Å². The fraction of sp³-hybridized carbons (Fsp3) is 0.444. The van der Waals surface area contributed by atoms with Gasteiger partial charge in [-0.05, 0) is 12.5 Å². The van der Waals surface area contributed by atoms with Crippen molar-refractivity contribution in [2.75, 3.05) is 39.3 Å². The van der Waals surface area contributed by atoms with Crippen molar-refractivity contribution in [3.05, 3.63) is 52.6 Å². The first-order valence-electron chi connectivity index (χ1n) is 8.84. The number of ether oxygens (including phenoxy) is 1. The molecule has 0 bridgehead atoms. The van der Waals surface area contributed by atoms with Gasteiger partial charge in [0.2, 0.25) is 0 Å². The molecule has 1 fully saturated rings. The first kappa shape index (κ1) is 23.7. The maximum absolute atomic E-state index is 11.8. The van der Waals surface area contributed by atoms with Crippen LogP contribution in [0.15, 0.2) is 41.9 Å². The van der Waals surface area contributed by atoms with Crippen molar-refractivity contribution in [1.82, 2.24) is 15.1 Å². The molecule has 0 saturated carbocycles. The van der Waals surface area contributed by atoms with Crippen LogP contribution in [0.5, 0.6) is 0 Å². The molecular formula is C18H26IN5O4. The van der Waals surface area contributed by atoms with Crippen LogP contribution in [0.2, 0.25) is 0 Å². The average Bonchev–Trinajstić information content (AvgIpc) is 2.69. The van der Waals surface area contributed by atoms with E-state index in [2.05, 4.69) is 21.8 Å². The lowest BCUT2D eigenvalue weighted by Gasteiger charge is -2.35. The summed E-state index contributed by atoms with van der Waals surface area (Å²) in [5, 5.41) is 14.0. The smallest absolute Gasteiger partial charge is 0.409 e. The Hall–Kier alpha value is -2.37. The fourth-order valence-corrected chi connectivity index (χ4v) is 2.64. The lowest BCUT2D eigenvalue weighted by molar-refractivity contribution is -0.384. The van der Waals surface area contributed by atoms with Crippen molar-refractivity contribution in [2.24, 2.45) is 4.99 Å². The summed E-state index contributed by atoms with van der Waals surface area (Å²) in [5.41, 5.74) is 0.937. The van der Waals surface area contributed by atoms with Crippen LogP contribution in [0.25, 0.3) is 0 Å². The minimum atomic E-state index is -0.423. The molecule has 2 rings (SSSR count). The van der Waals surface area contributed by atoms with Gasteiger partial charge in [-0.2, -0.15) is 0 Å². The molecule has 1 aliphatic heterocycles. The number of nitrogens with zero attached hydrogens (tertiary/aromatic N) is 4. The van der Waals surface area contributed by atoms with E-state index >= 15 is 0 Å². The zero-order valence-electron chi connectivity index (χ0n) is 15.9. The van der Waals surface area contributed by atoms with Gasteiger partial charge in [-0.1, -0.05) is 18.2 Å². The highest BCUT2D eigenvalue weighted by atomic mass is 127. The summed E-state index contributed by atoms with van der Waals surface area (Å²) < 4.78 is 5.04. The molecule has 10 heteroatoms. The van der Waals surface area contributed by atoms with E-state index in [9.17, 15) is 14.9 Å². The predicted octanol–water partition coefficient (Wildman–Crippen LogP) is 2.62. The van der Waals surface area contributed by atoms with Crippen LogP contribution in [0.3, 0.4) is 0 Å². The number of nitro benzene ring substituents is 1. The number of rotatable bonds is 6. The summed E-state index contributed by atoms with van der Waals surface area (Å²) in [6.45, 7) is 9.23. The molecular weight excluding hydrogens is 477 g/mol. The van der Waals surface area contributed by atoms with E-state index in [-0.39, 0.29) is 35.8 Å². The molecule has 154 valence electrons. The summed E-state index contributed by atoms with van der Waals surface area (Å²) in [6, 6.07) is 6.34. The first-order chi connectivity index (χ1) is 13.0. The van der Waals surface area contributed by atoms with E-state index in [1.54, 1.807) is 30.0 Å². The highest BCUT2D eigenvalue weighted by Gasteiger charge is 2.23. The number of carbonyl (C=O) groups excluding carboxylic acids is 1. The summed E-state index contributed by atoms with van der Waals surface area (Å²) >= 11 is 0. The Kier molecular flexibility index (Phi) is 10.3. The topological polar surface area (TPSA) is 100 Å². The van der Waals surface area contributed by atoms with Crippen LogP contribution in [0.1, 0.15) is 12.5 Å². The number of nitrogens with one attached hydrogen (secondary N) is 1. The normalized spacial score (nSPS) is 14.1. The molecule has 0 radical (unpaired) electrons. The standard InChI is InChI=1S/C18H25N5O4.HI/c1-3-9-19-17(20-14-15-5-7-16(8-6-15)23(25)26)21-10-12-22(13-11-21)18(24)27-4-2;/h3,5-8H,1,4,9-14H2,2H3,(H,19,20);1H. The molecule has 1 heterocycles. The number of aliphatic imine (C=N–C) groups is 1. The molecule has 0 spiro atoms. The van der Waals surface area contributed by atoms with Crippen molar-refractivity contribution in [3.8, 4) is 0 Å². The third-order valence-electron chi connectivity index (χ3n) is 4.07. The van der Waals surface area contributed by atoms with Gasteiger partial charge in [-0.3, -0.25) is 10.1 Å². The number of nitro groups is 1. The van der Waals surface area contributed by atoms with E-state index in [0.29, 0.717) is 45.9 Å². The van der Waals surface area contributed by atoms with Crippen LogP contribution in [0.4, 0.5) is 10.5 Å². The monoisotopic (exact) mass is 503 g/mol. The fourth-order valence-electron chi connectivity index (χ4n) is 2.64. The van der Waals surface area contributed by atoms with Crippen molar-refractivity contribution >= 4 is 41.7 Å². The summed E-state index contributed by atoms with van der Waals surface area (Å²) in [5.74, 6) is 0.719. The highest BCUT2D eigenvalue weighted by Crippen LogP contribution is 2.13. The third-order valence-corrected chi connectivity index (χ3v) is 4.07. The van der Waals surface area contributed by atoms with Crippen LogP contribution in [-0.2, 0) is 11.3 Å². The Morgan fingerprint density at radius 3 is 2.43 bits per heavy atom. The number of piperazine rings is 1. The Bertz CT molecular complexity index is 688. The minimum absolute atomic E-state index is 0. The molecule has 9 nitrogen and oxygen atoms in total. The number of benzene rings is 1. The van der Waals surface area contributed by atoms with Crippen LogP contribution in [0, 0.1) is 10.1 Å². The lowest BCUT2D eigenvalue weighted by atomic mass is 10.2. The van der Waals surface area contributed by atoms with Crippen molar-refractivity contribution in [1.29, 1.82) is 0 Å². The second kappa shape index (κ2) is 12.2. The highest BCUT2D eigenvalue weighted by molar-refractivity contribution is 14.0. The molecule has 28 heavy (non-hydrogen) atoms. The number of hydrogen-bond donors (Lipinski definition) is 1. The van der Waals surface area contributed by atoms with Crippen LogP contribution in [-0.4, -0.2) is 66.1 Å². The number of guanidine groups is 1. The maximum Gasteiger partial charge on any atom is 0.409 e. The number of non-ortho nitro benzene ring substituents is 1. The second-order valence-electron chi connectivity index (χ2n) is 5.91. The Labute approximate surface area is 181 Å².